The lowest BCUT2D eigenvalue weighted by Crippen LogP contribution is -2.06. The molecule has 0 radical (unpaired) electrons. The minimum absolute atomic E-state index is 0.0394. The highest BCUT2D eigenvalue weighted by molar-refractivity contribution is 5.27. The Bertz CT molecular complexity index is 289. The van der Waals surface area contributed by atoms with Crippen LogP contribution in [-0.4, -0.2) is 11.6 Å². The second-order valence-corrected chi connectivity index (χ2v) is 2.65. The fraction of sp³-hybridized carbons (Fsp3) is 0.444. The fourth-order valence-electron chi connectivity index (χ4n) is 1.02. The number of ether oxygens (including phenoxy) is 1. The van der Waals surface area contributed by atoms with E-state index in [4.69, 9.17) is 0 Å². The van der Waals surface area contributed by atoms with Crippen molar-refractivity contribution in [3.05, 3.63) is 23.4 Å². The van der Waals surface area contributed by atoms with Gasteiger partial charge >= 0.3 is 6.61 Å². The van der Waals surface area contributed by atoms with Crippen molar-refractivity contribution in [2.24, 2.45) is 0 Å². The number of halogens is 2. The molecule has 1 heterocycles. The SMILES string of the molecule is CCc1ccc(C)nc1OC(F)F. The summed E-state index contributed by atoms with van der Waals surface area (Å²) in [4.78, 5) is 3.88. The maximum atomic E-state index is 11.9. The summed E-state index contributed by atoms with van der Waals surface area (Å²) in [7, 11) is 0. The van der Waals surface area contributed by atoms with Gasteiger partial charge in [-0.2, -0.15) is 8.78 Å². The third-order valence-corrected chi connectivity index (χ3v) is 1.66. The van der Waals surface area contributed by atoms with Gasteiger partial charge in [-0.1, -0.05) is 13.0 Å². The minimum Gasteiger partial charge on any atom is -0.417 e. The minimum atomic E-state index is -2.81. The van der Waals surface area contributed by atoms with Crippen LogP contribution in [0.1, 0.15) is 18.2 Å². The number of nitrogens with zero attached hydrogens (tertiary/aromatic N) is 1. The highest BCUT2D eigenvalue weighted by Gasteiger charge is 2.09. The first-order chi connectivity index (χ1) is 6.13. The van der Waals surface area contributed by atoms with E-state index in [-0.39, 0.29) is 5.88 Å². The van der Waals surface area contributed by atoms with Crippen LogP contribution in [0, 0.1) is 6.92 Å². The van der Waals surface area contributed by atoms with Crippen molar-refractivity contribution in [1.82, 2.24) is 4.98 Å². The van der Waals surface area contributed by atoms with Crippen molar-refractivity contribution in [3.8, 4) is 5.88 Å². The van der Waals surface area contributed by atoms with Gasteiger partial charge in [-0.05, 0) is 19.4 Å². The first-order valence-electron chi connectivity index (χ1n) is 4.04. The lowest BCUT2D eigenvalue weighted by atomic mass is 10.2. The summed E-state index contributed by atoms with van der Waals surface area (Å²) in [6.07, 6.45) is 0.634. The molecule has 0 unspecified atom stereocenters. The quantitative estimate of drug-likeness (QED) is 0.725. The number of hydrogen-bond acceptors (Lipinski definition) is 2. The summed E-state index contributed by atoms with van der Waals surface area (Å²) in [5.74, 6) is 0.0394. The Morgan fingerprint density at radius 1 is 1.46 bits per heavy atom. The molecule has 0 amide bonds. The van der Waals surface area contributed by atoms with E-state index in [2.05, 4.69) is 9.72 Å². The van der Waals surface area contributed by atoms with Gasteiger partial charge in [-0.25, -0.2) is 4.98 Å². The summed E-state index contributed by atoms with van der Waals surface area (Å²) in [6.45, 7) is 0.794. The molecule has 1 aromatic heterocycles. The third kappa shape index (κ3) is 2.65. The molecule has 1 aromatic rings. The third-order valence-electron chi connectivity index (χ3n) is 1.66. The zero-order valence-corrected chi connectivity index (χ0v) is 7.55. The maximum absolute atomic E-state index is 11.9. The average Bonchev–Trinajstić information content (AvgIpc) is 2.03. The van der Waals surface area contributed by atoms with Crippen LogP contribution in [0.4, 0.5) is 8.78 Å². The molecule has 0 atom stereocenters. The predicted octanol–water partition coefficient (Wildman–Crippen LogP) is 2.55. The van der Waals surface area contributed by atoms with Crippen LogP contribution in [0.25, 0.3) is 0 Å². The highest BCUT2D eigenvalue weighted by Crippen LogP contribution is 2.18. The van der Waals surface area contributed by atoms with E-state index in [1.54, 1.807) is 19.1 Å². The van der Waals surface area contributed by atoms with Crippen LogP contribution < -0.4 is 4.74 Å². The van der Waals surface area contributed by atoms with Gasteiger partial charge in [0.2, 0.25) is 5.88 Å². The smallest absolute Gasteiger partial charge is 0.388 e. The Kier molecular flexibility index (Phi) is 3.17. The fourth-order valence-corrected chi connectivity index (χ4v) is 1.02. The molecule has 0 spiro atoms. The Hall–Kier alpha value is -1.19. The molecule has 0 fully saturated rings. The molecule has 72 valence electrons. The van der Waals surface area contributed by atoms with Gasteiger partial charge in [0.15, 0.2) is 0 Å². The Balaban J connectivity index is 2.94. The van der Waals surface area contributed by atoms with Crippen LogP contribution in [-0.2, 0) is 6.42 Å². The van der Waals surface area contributed by atoms with Crippen molar-refractivity contribution in [2.75, 3.05) is 0 Å². The lowest BCUT2D eigenvalue weighted by molar-refractivity contribution is -0.0535. The number of hydrogen-bond donors (Lipinski definition) is 0. The molecular formula is C9H11F2NO. The molecule has 0 N–H and O–H groups in total. The molecule has 0 aliphatic carbocycles. The Labute approximate surface area is 75.6 Å². The van der Waals surface area contributed by atoms with E-state index >= 15 is 0 Å². The van der Waals surface area contributed by atoms with Gasteiger partial charge in [0.25, 0.3) is 0 Å². The first kappa shape index (κ1) is 9.89. The molecular weight excluding hydrogens is 176 g/mol. The Morgan fingerprint density at radius 2 is 2.15 bits per heavy atom. The predicted molar refractivity (Wildman–Crippen MR) is 45.0 cm³/mol. The summed E-state index contributed by atoms with van der Waals surface area (Å²) in [6, 6.07) is 3.53. The van der Waals surface area contributed by atoms with Gasteiger partial charge < -0.3 is 4.74 Å². The molecule has 4 heteroatoms. The number of alkyl halides is 2. The van der Waals surface area contributed by atoms with E-state index in [0.717, 1.165) is 0 Å². The van der Waals surface area contributed by atoms with Gasteiger partial charge in [0.1, 0.15) is 0 Å². The first-order valence-corrected chi connectivity index (χ1v) is 4.04. The standard InChI is InChI=1S/C9H11F2NO/c1-3-7-5-4-6(2)12-8(7)13-9(10)11/h4-5,9H,3H2,1-2H3. The van der Waals surface area contributed by atoms with Crippen LogP contribution in [0.2, 0.25) is 0 Å². The topological polar surface area (TPSA) is 22.1 Å². The van der Waals surface area contributed by atoms with Crippen molar-refractivity contribution in [3.63, 3.8) is 0 Å². The molecule has 0 saturated heterocycles. The summed E-state index contributed by atoms with van der Waals surface area (Å²) < 4.78 is 28.1. The van der Waals surface area contributed by atoms with Crippen molar-refractivity contribution >= 4 is 0 Å². The van der Waals surface area contributed by atoms with Crippen molar-refractivity contribution < 1.29 is 13.5 Å². The molecule has 0 aliphatic heterocycles. The van der Waals surface area contributed by atoms with E-state index in [1.807, 2.05) is 6.92 Å². The normalized spacial score (nSPS) is 10.5. The second kappa shape index (κ2) is 4.16. The largest absolute Gasteiger partial charge is 0.417 e. The monoisotopic (exact) mass is 187 g/mol. The van der Waals surface area contributed by atoms with Crippen LogP contribution in [0.5, 0.6) is 5.88 Å². The van der Waals surface area contributed by atoms with Gasteiger partial charge in [-0.15, -0.1) is 0 Å². The molecule has 2 nitrogen and oxygen atoms in total. The van der Waals surface area contributed by atoms with Gasteiger partial charge in [-0.3, -0.25) is 0 Å². The number of aryl methyl sites for hydroxylation is 2. The van der Waals surface area contributed by atoms with Crippen molar-refractivity contribution in [1.29, 1.82) is 0 Å². The number of pyridine rings is 1. The van der Waals surface area contributed by atoms with Crippen LogP contribution in [0.15, 0.2) is 12.1 Å². The lowest BCUT2D eigenvalue weighted by Gasteiger charge is -2.08. The van der Waals surface area contributed by atoms with Gasteiger partial charge in [0, 0.05) is 11.3 Å². The molecule has 0 aromatic carbocycles. The number of rotatable bonds is 3. The molecule has 13 heavy (non-hydrogen) atoms. The maximum Gasteiger partial charge on any atom is 0.388 e. The zero-order chi connectivity index (χ0) is 9.84. The average molecular weight is 187 g/mol. The second-order valence-electron chi connectivity index (χ2n) is 2.65. The summed E-state index contributed by atoms with van der Waals surface area (Å²) in [5, 5.41) is 0. The van der Waals surface area contributed by atoms with E-state index in [0.29, 0.717) is 17.7 Å². The molecule has 1 rings (SSSR count). The number of aromatic nitrogens is 1. The van der Waals surface area contributed by atoms with E-state index in [9.17, 15) is 8.78 Å². The van der Waals surface area contributed by atoms with E-state index in [1.165, 1.54) is 0 Å². The van der Waals surface area contributed by atoms with E-state index < -0.39 is 6.61 Å². The van der Waals surface area contributed by atoms with Crippen LogP contribution >= 0.6 is 0 Å². The van der Waals surface area contributed by atoms with Crippen LogP contribution in [0.3, 0.4) is 0 Å². The molecule has 0 saturated carbocycles. The molecule has 0 aliphatic rings. The van der Waals surface area contributed by atoms with Crippen molar-refractivity contribution in [2.45, 2.75) is 26.9 Å². The highest BCUT2D eigenvalue weighted by atomic mass is 19.3. The molecule has 0 bridgehead atoms. The summed E-state index contributed by atoms with van der Waals surface area (Å²) in [5.41, 5.74) is 1.37. The summed E-state index contributed by atoms with van der Waals surface area (Å²) >= 11 is 0. The Morgan fingerprint density at radius 3 is 2.69 bits per heavy atom. The zero-order valence-electron chi connectivity index (χ0n) is 7.55. The van der Waals surface area contributed by atoms with Gasteiger partial charge in [0.05, 0.1) is 0 Å².